The molecule has 2 heterocycles. The number of benzene rings is 2. The largest absolute Gasteiger partial charge is 0.493 e. The first-order valence-corrected chi connectivity index (χ1v) is 11.0. The number of amides is 1. The molecule has 0 spiro atoms. The number of halogens is 3. The Morgan fingerprint density at radius 1 is 1.18 bits per heavy atom. The molecule has 0 fully saturated rings. The molecule has 3 aromatic rings. The van der Waals surface area contributed by atoms with Gasteiger partial charge in [0.2, 0.25) is 0 Å². The van der Waals surface area contributed by atoms with Gasteiger partial charge >= 0.3 is 0 Å². The number of nitrogens with zero attached hydrogens (tertiary/aromatic N) is 2. The fourth-order valence-electron chi connectivity index (χ4n) is 3.36. The van der Waals surface area contributed by atoms with Crippen LogP contribution in [-0.4, -0.2) is 35.9 Å². The molecule has 1 amide bonds. The SMILES string of the molecule is COc1ccc(C(=O)Nc2c(Cl)cncc2Cl)cc1OCC1(C)CC(c2cccc(F)c2)=NO1. The van der Waals surface area contributed by atoms with Crippen molar-refractivity contribution in [2.45, 2.75) is 18.9 Å². The number of ether oxygens (including phenoxy) is 2. The average Bonchev–Trinajstić information content (AvgIpc) is 3.22. The lowest BCUT2D eigenvalue weighted by Crippen LogP contribution is -2.33. The summed E-state index contributed by atoms with van der Waals surface area (Å²) in [5.74, 6) is -0.0164. The van der Waals surface area contributed by atoms with Gasteiger partial charge in [0.1, 0.15) is 12.4 Å². The molecule has 0 aliphatic carbocycles. The van der Waals surface area contributed by atoms with Gasteiger partial charge in [-0.15, -0.1) is 0 Å². The molecule has 0 bridgehead atoms. The quantitative estimate of drug-likeness (QED) is 0.443. The third-order valence-corrected chi connectivity index (χ3v) is 5.70. The highest BCUT2D eigenvalue weighted by molar-refractivity contribution is 6.39. The Labute approximate surface area is 205 Å². The lowest BCUT2D eigenvalue weighted by atomic mass is 9.96. The average molecular weight is 504 g/mol. The van der Waals surface area contributed by atoms with Gasteiger partial charge in [-0.2, -0.15) is 0 Å². The summed E-state index contributed by atoms with van der Waals surface area (Å²) < 4.78 is 24.9. The molecular formula is C24H20Cl2FN3O4. The van der Waals surface area contributed by atoms with Crippen LogP contribution in [0.15, 0.2) is 60.0 Å². The number of methoxy groups -OCH3 is 1. The molecule has 176 valence electrons. The third kappa shape index (κ3) is 5.24. The van der Waals surface area contributed by atoms with Crippen LogP contribution in [0.2, 0.25) is 10.0 Å². The summed E-state index contributed by atoms with van der Waals surface area (Å²) >= 11 is 12.2. The summed E-state index contributed by atoms with van der Waals surface area (Å²) in [6.07, 6.45) is 3.18. The highest BCUT2D eigenvalue weighted by Gasteiger charge is 2.36. The Balaban J connectivity index is 1.47. The summed E-state index contributed by atoms with van der Waals surface area (Å²) in [6.45, 7) is 1.94. The van der Waals surface area contributed by atoms with Crippen LogP contribution in [0, 0.1) is 5.82 Å². The number of aromatic nitrogens is 1. The number of pyridine rings is 1. The van der Waals surface area contributed by atoms with Crippen LogP contribution >= 0.6 is 23.2 Å². The number of hydrogen-bond donors (Lipinski definition) is 1. The zero-order valence-electron chi connectivity index (χ0n) is 18.3. The van der Waals surface area contributed by atoms with Crippen LogP contribution < -0.4 is 14.8 Å². The molecule has 1 unspecified atom stereocenters. The van der Waals surface area contributed by atoms with E-state index < -0.39 is 11.5 Å². The van der Waals surface area contributed by atoms with Crippen LogP contribution in [0.4, 0.5) is 10.1 Å². The van der Waals surface area contributed by atoms with Crippen molar-refractivity contribution in [3.05, 3.63) is 81.8 Å². The predicted octanol–water partition coefficient (Wildman–Crippen LogP) is 5.75. The number of rotatable bonds is 7. The number of hydrogen-bond acceptors (Lipinski definition) is 6. The molecule has 4 rings (SSSR count). The second-order valence-electron chi connectivity index (χ2n) is 7.85. The summed E-state index contributed by atoms with van der Waals surface area (Å²) in [5.41, 5.74) is 1.04. The van der Waals surface area contributed by atoms with Crippen LogP contribution in [0.1, 0.15) is 29.3 Å². The maximum Gasteiger partial charge on any atom is 0.255 e. The van der Waals surface area contributed by atoms with E-state index in [1.165, 1.54) is 31.6 Å². The van der Waals surface area contributed by atoms with E-state index in [-0.39, 0.29) is 28.2 Å². The minimum atomic E-state index is -0.789. The Kier molecular flexibility index (Phi) is 6.90. The summed E-state index contributed by atoms with van der Waals surface area (Å²) in [6, 6.07) is 10.9. The predicted molar refractivity (Wildman–Crippen MR) is 128 cm³/mol. The van der Waals surface area contributed by atoms with Gasteiger partial charge in [0.05, 0.1) is 28.6 Å². The van der Waals surface area contributed by atoms with Crippen LogP contribution in [0.3, 0.4) is 0 Å². The zero-order valence-corrected chi connectivity index (χ0v) is 19.8. The first-order valence-electron chi connectivity index (χ1n) is 10.2. The molecule has 0 saturated heterocycles. The normalized spacial score (nSPS) is 17.0. The Bertz CT molecular complexity index is 1250. The van der Waals surface area contributed by atoms with E-state index in [2.05, 4.69) is 15.5 Å². The number of anilines is 1. The molecule has 2 aromatic carbocycles. The monoisotopic (exact) mass is 503 g/mol. The fraction of sp³-hybridized carbons (Fsp3) is 0.208. The molecule has 0 saturated carbocycles. The van der Waals surface area contributed by atoms with Gasteiger partial charge in [0.15, 0.2) is 17.1 Å². The highest BCUT2D eigenvalue weighted by Crippen LogP contribution is 2.33. The minimum Gasteiger partial charge on any atom is -0.493 e. The minimum absolute atomic E-state index is 0.110. The van der Waals surface area contributed by atoms with E-state index in [1.54, 1.807) is 30.3 Å². The standard InChI is InChI=1S/C24H20Cl2FN3O4/c1-24(10-19(30-34-24)14-4-3-5-16(27)8-14)13-33-21-9-15(6-7-20(21)32-2)23(31)29-22-17(25)11-28-12-18(22)26/h3-9,11-12H,10,13H2,1-2H3,(H,28,29,31). The van der Waals surface area contributed by atoms with Crippen LogP contribution in [0.25, 0.3) is 0 Å². The van der Waals surface area contributed by atoms with E-state index in [0.717, 1.165) is 0 Å². The summed E-state index contributed by atoms with van der Waals surface area (Å²) in [7, 11) is 1.50. The van der Waals surface area contributed by atoms with Gasteiger partial charge < -0.3 is 19.6 Å². The summed E-state index contributed by atoms with van der Waals surface area (Å²) in [5, 5.41) is 7.22. The van der Waals surface area contributed by atoms with E-state index >= 15 is 0 Å². The Morgan fingerprint density at radius 3 is 2.65 bits per heavy atom. The van der Waals surface area contributed by atoms with Crippen molar-refractivity contribution in [3.8, 4) is 11.5 Å². The van der Waals surface area contributed by atoms with Crippen LogP contribution in [0.5, 0.6) is 11.5 Å². The van der Waals surface area contributed by atoms with Gasteiger partial charge in [-0.3, -0.25) is 9.78 Å². The van der Waals surface area contributed by atoms with E-state index in [4.69, 9.17) is 37.5 Å². The first kappa shape index (κ1) is 23.8. The lowest BCUT2D eigenvalue weighted by molar-refractivity contribution is -0.0361. The van der Waals surface area contributed by atoms with Gasteiger partial charge in [0, 0.05) is 29.9 Å². The van der Waals surface area contributed by atoms with Crippen LogP contribution in [-0.2, 0) is 4.84 Å². The summed E-state index contributed by atoms with van der Waals surface area (Å²) in [4.78, 5) is 22.3. The highest BCUT2D eigenvalue weighted by atomic mass is 35.5. The van der Waals surface area contributed by atoms with E-state index in [9.17, 15) is 9.18 Å². The molecule has 1 N–H and O–H groups in total. The number of carbonyl (C=O) groups excluding carboxylic acids is 1. The van der Waals surface area contributed by atoms with Gasteiger partial charge in [0.25, 0.3) is 5.91 Å². The Hall–Kier alpha value is -3.36. The van der Waals surface area contributed by atoms with Crippen molar-refractivity contribution in [2.75, 3.05) is 19.0 Å². The van der Waals surface area contributed by atoms with Crippen molar-refractivity contribution in [3.63, 3.8) is 0 Å². The smallest absolute Gasteiger partial charge is 0.255 e. The van der Waals surface area contributed by atoms with Crippen molar-refractivity contribution >= 4 is 40.5 Å². The number of oxime groups is 1. The first-order chi connectivity index (χ1) is 16.3. The molecule has 1 atom stereocenters. The second kappa shape index (κ2) is 9.87. The van der Waals surface area contributed by atoms with E-state index in [0.29, 0.717) is 34.8 Å². The van der Waals surface area contributed by atoms with Gasteiger partial charge in [-0.1, -0.05) is 40.5 Å². The van der Waals surface area contributed by atoms with Crippen molar-refractivity contribution < 1.29 is 23.5 Å². The topological polar surface area (TPSA) is 82.0 Å². The molecule has 7 nitrogen and oxygen atoms in total. The number of nitrogens with one attached hydrogen (secondary N) is 1. The maximum atomic E-state index is 13.6. The van der Waals surface area contributed by atoms with Crippen molar-refractivity contribution in [1.82, 2.24) is 4.98 Å². The maximum absolute atomic E-state index is 13.6. The zero-order chi connectivity index (χ0) is 24.3. The lowest BCUT2D eigenvalue weighted by Gasteiger charge is -2.22. The van der Waals surface area contributed by atoms with Crippen molar-refractivity contribution in [1.29, 1.82) is 0 Å². The molecule has 1 aliphatic heterocycles. The molecule has 1 aliphatic rings. The van der Waals surface area contributed by atoms with Crippen molar-refractivity contribution in [2.24, 2.45) is 5.16 Å². The van der Waals surface area contributed by atoms with E-state index in [1.807, 2.05) is 6.92 Å². The molecule has 0 radical (unpaired) electrons. The Morgan fingerprint density at radius 2 is 1.94 bits per heavy atom. The molecule has 1 aromatic heterocycles. The second-order valence-corrected chi connectivity index (χ2v) is 8.67. The molecular weight excluding hydrogens is 484 g/mol. The number of carbonyl (C=O) groups is 1. The van der Waals surface area contributed by atoms with Gasteiger partial charge in [-0.05, 0) is 37.3 Å². The van der Waals surface area contributed by atoms with Gasteiger partial charge in [-0.25, -0.2) is 4.39 Å². The fourth-order valence-corrected chi connectivity index (χ4v) is 3.82. The molecule has 34 heavy (non-hydrogen) atoms. The molecule has 10 heteroatoms. The third-order valence-electron chi connectivity index (χ3n) is 5.13.